The van der Waals surface area contributed by atoms with E-state index >= 15 is 4.39 Å². The number of aryl methyl sites for hydroxylation is 1. The van der Waals surface area contributed by atoms with Crippen LogP contribution in [0.2, 0.25) is 0 Å². The smallest absolute Gasteiger partial charge is 0.421 e. The van der Waals surface area contributed by atoms with Crippen LogP contribution in [0.15, 0.2) is 24.4 Å². The predicted molar refractivity (Wildman–Crippen MR) is 121 cm³/mol. The second-order valence-corrected chi connectivity index (χ2v) is 8.89. The second kappa shape index (κ2) is 10.6. The molecule has 1 aliphatic rings. The highest BCUT2D eigenvalue weighted by Gasteiger charge is 2.37. The van der Waals surface area contributed by atoms with E-state index in [0.29, 0.717) is 12.8 Å². The Bertz CT molecular complexity index is 1100. The van der Waals surface area contributed by atoms with Gasteiger partial charge in [-0.2, -0.15) is 13.2 Å². The van der Waals surface area contributed by atoms with E-state index in [4.69, 9.17) is 9.47 Å². The third kappa shape index (κ3) is 5.91. The zero-order chi connectivity index (χ0) is 25.9. The average Bonchev–Trinajstić information content (AvgIpc) is 2.80. The first kappa shape index (κ1) is 26.4. The van der Waals surface area contributed by atoms with Gasteiger partial charge in [-0.25, -0.2) is 14.2 Å². The molecule has 0 radical (unpaired) electrons. The van der Waals surface area contributed by atoms with E-state index in [-0.39, 0.29) is 28.6 Å². The summed E-state index contributed by atoms with van der Waals surface area (Å²) in [4.78, 5) is 31.0. The van der Waals surface area contributed by atoms with Crippen LogP contribution in [0.25, 0.3) is 0 Å². The van der Waals surface area contributed by atoms with Gasteiger partial charge in [-0.05, 0) is 45.2 Å². The van der Waals surface area contributed by atoms with Crippen molar-refractivity contribution in [3.8, 4) is 11.6 Å². The monoisotopic (exact) mass is 496 g/mol. The lowest BCUT2D eigenvalue weighted by atomic mass is 9.87. The minimum absolute atomic E-state index is 0.0276. The second-order valence-electron chi connectivity index (χ2n) is 8.89. The van der Waals surface area contributed by atoms with Crippen molar-refractivity contribution < 1.29 is 36.6 Å². The lowest BCUT2D eigenvalue weighted by molar-refractivity contribution is -0.139. The van der Waals surface area contributed by atoms with Crippen molar-refractivity contribution in [2.75, 3.05) is 12.0 Å². The fourth-order valence-electron chi connectivity index (χ4n) is 4.24. The first-order chi connectivity index (χ1) is 16.4. The van der Waals surface area contributed by atoms with Crippen molar-refractivity contribution in [1.82, 2.24) is 4.98 Å². The number of aromatic nitrogens is 1. The van der Waals surface area contributed by atoms with E-state index in [1.54, 1.807) is 13.8 Å². The standard InChI is InChI=1S/C25H28F4N2O4/c1-14(2)31(23(32)16-8-6-5-7-9-16)20-12-19(26)21(11-17(20)24(33)34-4)35-22-18(25(27,28)29)10-15(3)13-30-22/h10-14,16H,5-9H2,1-4H3. The molecule has 1 fully saturated rings. The average molecular weight is 497 g/mol. The topological polar surface area (TPSA) is 68.7 Å². The van der Waals surface area contributed by atoms with Crippen LogP contribution in [0.4, 0.5) is 23.2 Å². The van der Waals surface area contributed by atoms with Gasteiger partial charge in [0.15, 0.2) is 11.6 Å². The number of amides is 1. The maximum atomic E-state index is 15.2. The molecule has 6 nitrogen and oxygen atoms in total. The first-order valence-electron chi connectivity index (χ1n) is 11.4. The van der Waals surface area contributed by atoms with Crippen LogP contribution < -0.4 is 9.64 Å². The van der Waals surface area contributed by atoms with Crippen LogP contribution in [-0.2, 0) is 15.7 Å². The number of methoxy groups -OCH3 is 1. The van der Waals surface area contributed by atoms with Crippen molar-refractivity contribution >= 4 is 17.6 Å². The number of nitrogens with zero attached hydrogens (tertiary/aromatic N) is 2. The van der Waals surface area contributed by atoms with E-state index in [0.717, 1.165) is 50.8 Å². The van der Waals surface area contributed by atoms with Crippen LogP contribution in [0, 0.1) is 18.7 Å². The van der Waals surface area contributed by atoms with Gasteiger partial charge in [0, 0.05) is 30.3 Å². The molecular formula is C25H28F4N2O4. The summed E-state index contributed by atoms with van der Waals surface area (Å²) in [6, 6.07) is 2.28. The molecule has 10 heteroatoms. The molecule has 1 amide bonds. The van der Waals surface area contributed by atoms with E-state index in [2.05, 4.69) is 4.98 Å². The van der Waals surface area contributed by atoms with Gasteiger partial charge in [0.1, 0.15) is 5.56 Å². The lowest BCUT2D eigenvalue weighted by Gasteiger charge is -2.33. The number of rotatable bonds is 6. The van der Waals surface area contributed by atoms with E-state index in [9.17, 15) is 22.8 Å². The van der Waals surface area contributed by atoms with Crippen molar-refractivity contribution in [3.05, 3.63) is 46.9 Å². The molecule has 1 saturated carbocycles. The van der Waals surface area contributed by atoms with Crippen LogP contribution in [0.1, 0.15) is 67.4 Å². The number of halogens is 4. The maximum Gasteiger partial charge on any atom is 0.421 e. The quantitative estimate of drug-likeness (QED) is 0.340. The molecule has 0 bridgehead atoms. The summed E-state index contributed by atoms with van der Waals surface area (Å²) in [5.74, 6) is -3.95. The van der Waals surface area contributed by atoms with E-state index < -0.39 is 41.2 Å². The zero-order valence-corrected chi connectivity index (χ0v) is 20.0. The molecule has 0 spiro atoms. The Labute approximate surface area is 201 Å². The van der Waals surface area contributed by atoms with Crippen LogP contribution >= 0.6 is 0 Å². The summed E-state index contributed by atoms with van der Waals surface area (Å²) in [7, 11) is 1.11. The molecule has 2 aromatic rings. The summed E-state index contributed by atoms with van der Waals surface area (Å²) >= 11 is 0. The van der Waals surface area contributed by atoms with Gasteiger partial charge in [-0.3, -0.25) is 4.79 Å². The Hall–Kier alpha value is -3.17. The summed E-state index contributed by atoms with van der Waals surface area (Å²) in [6.45, 7) is 4.90. The Balaban J connectivity index is 2.09. The Morgan fingerprint density at radius 3 is 2.34 bits per heavy atom. The number of esters is 1. The number of benzene rings is 1. The normalized spacial score (nSPS) is 14.7. The van der Waals surface area contributed by atoms with Crippen molar-refractivity contribution in [2.24, 2.45) is 5.92 Å². The SMILES string of the molecule is COC(=O)c1cc(Oc2ncc(C)cc2C(F)(F)F)c(F)cc1N(C(=O)C1CCCCC1)C(C)C. The number of alkyl halides is 3. The van der Waals surface area contributed by atoms with Gasteiger partial charge in [-0.15, -0.1) is 0 Å². The van der Waals surface area contributed by atoms with Crippen LogP contribution in [0.3, 0.4) is 0 Å². The maximum absolute atomic E-state index is 15.2. The van der Waals surface area contributed by atoms with E-state index in [1.807, 2.05) is 0 Å². The molecule has 0 aliphatic heterocycles. The third-order valence-electron chi connectivity index (χ3n) is 5.92. The Kier molecular flexibility index (Phi) is 8.02. The van der Waals surface area contributed by atoms with Crippen LogP contribution in [0.5, 0.6) is 11.6 Å². The van der Waals surface area contributed by atoms with Crippen LogP contribution in [-0.4, -0.2) is 30.0 Å². The minimum atomic E-state index is -4.79. The number of ether oxygens (including phenoxy) is 2. The molecule has 0 atom stereocenters. The molecule has 0 unspecified atom stereocenters. The van der Waals surface area contributed by atoms with Gasteiger partial charge in [-0.1, -0.05) is 19.3 Å². The zero-order valence-electron chi connectivity index (χ0n) is 20.0. The summed E-state index contributed by atoms with van der Waals surface area (Å²) < 4.78 is 65.7. The number of carbonyl (C=O) groups excluding carboxylic acids is 2. The number of anilines is 1. The summed E-state index contributed by atoms with van der Waals surface area (Å²) in [5.41, 5.74) is -1.18. The Morgan fingerprint density at radius 1 is 1.11 bits per heavy atom. The minimum Gasteiger partial charge on any atom is -0.465 e. The number of hydrogen-bond donors (Lipinski definition) is 0. The molecule has 190 valence electrons. The van der Waals surface area contributed by atoms with Gasteiger partial charge < -0.3 is 14.4 Å². The summed E-state index contributed by atoms with van der Waals surface area (Å²) in [6.07, 6.45) is 0.582. The molecule has 1 aromatic carbocycles. The predicted octanol–water partition coefficient (Wildman–Crippen LogP) is 6.45. The first-order valence-corrected chi connectivity index (χ1v) is 11.4. The Morgan fingerprint density at radius 2 is 1.77 bits per heavy atom. The van der Waals surface area contributed by atoms with E-state index in [1.165, 1.54) is 11.8 Å². The van der Waals surface area contributed by atoms with Gasteiger partial charge in [0.05, 0.1) is 18.4 Å². The highest BCUT2D eigenvalue weighted by Crippen LogP contribution is 2.40. The fraction of sp³-hybridized carbons (Fsp3) is 0.480. The fourth-order valence-corrected chi connectivity index (χ4v) is 4.24. The number of pyridine rings is 1. The highest BCUT2D eigenvalue weighted by atomic mass is 19.4. The van der Waals surface area contributed by atoms with Gasteiger partial charge in [0.25, 0.3) is 0 Å². The third-order valence-corrected chi connectivity index (χ3v) is 5.92. The van der Waals surface area contributed by atoms with Gasteiger partial charge in [0.2, 0.25) is 11.8 Å². The molecule has 1 aromatic heterocycles. The molecule has 3 rings (SSSR count). The molecule has 0 N–H and O–H groups in total. The van der Waals surface area contributed by atoms with Crippen molar-refractivity contribution in [1.29, 1.82) is 0 Å². The molecule has 1 aliphatic carbocycles. The van der Waals surface area contributed by atoms with Crippen molar-refractivity contribution in [3.63, 3.8) is 0 Å². The molecule has 35 heavy (non-hydrogen) atoms. The lowest BCUT2D eigenvalue weighted by Crippen LogP contribution is -2.42. The molecule has 1 heterocycles. The highest BCUT2D eigenvalue weighted by molar-refractivity contribution is 6.04. The number of hydrogen-bond acceptors (Lipinski definition) is 5. The largest absolute Gasteiger partial charge is 0.465 e. The number of carbonyl (C=O) groups is 2. The molecular weight excluding hydrogens is 468 g/mol. The summed E-state index contributed by atoms with van der Waals surface area (Å²) in [5, 5.41) is 0. The molecule has 0 saturated heterocycles. The van der Waals surface area contributed by atoms with Gasteiger partial charge >= 0.3 is 12.1 Å². The van der Waals surface area contributed by atoms with Crippen molar-refractivity contribution in [2.45, 2.75) is 65.1 Å².